The second-order valence-corrected chi connectivity index (χ2v) is 11.6. The number of ether oxygens (including phenoxy) is 1. The van der Waals surface area contributed by atoms with Crippen molar-refractivity contribution in [3.8, 4) is 0 Å². The van der Waals surface area contributed by atoms with Crippen molar-refractivity contribution in [2.45, 2.75) is 31.0 Å². The average Bonchev–Trinajstić information content (AvgIpc) is 3.48. The molecule has 0 bridgehead atoms. The van der Waals surface area contributed by atoms with E-state index in [1.165, 1.54) is 7.11 Å². The zero-order chi connectivity index (χ0) is 30.5. The minimum absolute atomic E-state index is 0.165. The second kappa shape index (κ2) is 12.9. The topological polar surface area (TPSA) is 119 Å². The number of esters is 1. The summed E-state index contributed by atoms with van der Waals surface area (Å²) < 4.78 is 4.90. The number of rotatable bonds is 10. The number of ketones is 1. The molecule has 0 amide bonds. The Balaban J connectivity index is 1.61. The molecule has 1 aliphatic heterocycles. The van der Waals surface area contributed by atoms with Gasteiger partial charge < -0.3 is 20.6 Å². The van der Waals surface area contributed by atoms with Gasteiger partial charge in [-0.25, -0.2) is 9.78 Å². The van der Waals surface area contributed by atoms with Crippen LogP contribution in [0.3, 0.4) is 0 Å². The number of anilines is 1. The van der Waals surface area contributed by atoms with E-state index in [2.05, 4.69) is 56.8 Å². The number of nitrogens with zero attached hydrogens (tertiary/aromatic N) is 3. The van der Waals surface area contributed by atoms with E-state index >= 15 is 0 Å². The number of nitrogen functional groups attached to an aromatic ring is 1. The molecule has 10 heteroatoms. The molecule has 4 aromatic rings. The molecule has 0 aliphatic carbocycles. The molecule has 0 spiro atoms. The Morgan fingerprint density at radius 3 is 1.95 bits per heavy atom. The lowest BCUT2D eigenvalue weighted by molar-refractivity contribution is -0.149. The number of Topliss-reactive ketones (excluding diaryl/α,β-unsaturated/α-hetero) is 1. The van der Waals surface area contributed by atoms with Crippen LogP contribution in [-0.4, -0.2) is 65.7 Å². The highest BCUT2D eigenvalue weighted by atomic mass is 32.1. The summed E-state index contributed by atoms with van der Waals surface area (Å²) in [7, 11) is 1.24. The molecule has 1 saturated heterocycles. The first kappa shape index (κ1) is 30.1. The highest BCUT2D eigenvalue weighted by Crippen LogP contribution is 2.44. The van der Waals surface area contributed by atoms with Gasteiger partial charge in [0.25, 0.3) is 0 Å². The first-order valence-electron chi connectivity index (χ1n) is 14.0. The van der Waals surface area contributed by atoms with E-state index in [1.807, 2.05) is 54.6 Å². The summed E-state index contributed by atoms with van der Waals surface area (Å²) in [6.45, 7) is 4.99. The van der Waals surface area contributed by atoms with Crippen molar-refractivity contribution in [1.82, 2.24) is 15.2 Å². The lowest BCUT2D eigenvalue weighted by Gasteiger charge is -2.51. The number of carbonyl (C=O) groups is 2. The lowest BCUT2D eigenvalue weighted by Crippen LogP contribution is -2.65. The van der Waals surface area contributed by atoms with E-state index in [-0.39, 0.29) is 22.3 Å². The molecular formula is C33H35N5O4S. The Bertz CT molecular complexity index is 1480. The molecule has 0 saturated carbocycles. The summed E-state index contributed by atoms with van der Waals surface area (Å²) in [5.41, 5.74) is 6.74. The van der Waals surface area contributed by atoms with E-state index in [1.54, 1.807) is 19.2 Å². The van der Waals surface area contributed by atoms with Crippen LogP contribution in [0.15, 0.2) is 102 Å². The molecule has 1 unspecified atom stereocenters. The third-order valence-electron chi connectivity index (χ3n) is 7.65. The van der Waals surface area contributed by atoms with E-state index in [9.17, 15) is 9.59 Å². The zero-order valence-corrected chi connectivity index (χ0v) is 25.2. The number of carbonyl (C=O) groups excluding carboxylic acids is 2. The minimum Gasteiger partial charge on any atom is -0.464 e. The van der Waals surface area contributed by atoms with Crippen molar-refractivity contribution >= 4 is 33.9 Å². The van der Waals surface area contributed by atoms with Gasteiger partial charge >= 0.3 is 5.97 Å². The van der Waals surface area contributed by atoms with Crippen LogP contribution in [0.1, 0.15) is 36.2 Å². The smallest absolute Gasteiger partial charge is 0.362 e. The molecule has 1 atom stereocenters. The maximum atomic E-state index is 14.5. The van der Waals surface area contributed by atoms with Crippen LogP contribution < -0.4 is 11.1 Å². The summed E-state index contributed by atoms with van der Waals surface area (Å²) in [6.07, 6.45) is 0. The van der Waals surface area contributed by atoms with Crippen molar-refractivity contribution in [3.05, 3.63) is 119 Å². The maximum absolute atomic E-state index is 14.5. The first-order chi connectivity index (χ1) is 20.8. The fraction of sp³-hybridized carbons (Fsp3) is 0.273. The van der Waals surface area contributed by atoms with E-state index in [0.29, 0.717) is 19.6 Å². The quantitative estimate of drug-likeness (QED) is 0.121. The standard InChI is InChI=1S/C33H35N5O4S/c1-32(2,42-37-28(30(40)41-3)26-22-43-31(34)36-26)29(39)27-21-35-19-20-38(27)33(23-13-7-4-8-14-23,24-15-9-5-10-16-24)25-17-11-6-12-18-25/h4-18,22,27,35H,19-21H2,1-3H3,(H2,34,36)/b37-28+. The van der Waals surface area contributed by atoms with Crippen LogP contribution >= 0.6 is 11.3 Å². The van der Waals surface area contributed by atoms with Gasteiger partial charge in [-0.2, -0.15) is 0 Å². The third kappa shape index (κ3) is 5.94. The number of hydrogen-bond acceptors (Lipinski definition) is 10. The van der Waals surface area contributed by atoms with Gasteiger partial charge in [-0.1, -0.05) is 96.2 Å². The second-order valence-electron chi connectivity index (χ2n) is 10.7. The van der Waals surface area contributed by atoms with Crippen LogP contribution in [0.4, 0.5) is 5.13 Å². The SMILES string of the molecule is COC(=O)/C(=N/OC(C)(C)C(=O)C1CNCCN1C(c1ccccc1)(c1ccccc1)c1ccccc1)c1csc(N)n1. The number of nitrogens with one attached hydrogen (secondary N) is 1. The van der Waals surface area contributed by atoms with Crippen molar-refractivity contribution in [2.24, 2.45) is 5.16 Å². The minimum atomic E-state index is -1.42. The molecule has 3 aromatic carbocycles. The van der Waals surface area contributed by atoms with Crippen molar-refractivity contribution < 1.29 is 19.2 Å². The Hall–Kier alpha value is -4.38. The molecule has 9 nitrogen and oxygen atoms in total. The van der Waals surface area contributed by atoms with Crippen molar-refractivity contribution in [2.75, 3.05) is 32.5 Å². The van der Waals surface area contributed by atoms with Crippen LogP contribution in [-0.2, 0) is 24.7 Å². The van der Waals surface area contributed by atoms with Gasteiger partial charge in [-0.15, -0.1) is 11.3 Å². The Labute approximate surface area is 255 Å². The Kier molecular flexibility index (Phi) is 9.00. The number of aromatic nitrogens is 1. The summed E-state index contributed by atoms with van der Waals surface area (Å²) >= 11 is 1.16. The van der Waals surface area contributed by atoms with Crippen LogP contribution in [0.5, 0.6) is 0 Å². The fourth-order valence-corrected chi connectivity index (χ4v) is 6.21. The zero-order valence-electron chi connectivity index (χ0n) is 24.4. The highest BCUT2D eigenvalue weighted by molar-refractivity contribution is 7.13. The molecule has 3 N–H and O–H groups in total. The average molecular weight is 598 g/mol. The first-order valence-corrected chi connectivity index (χ1v) is 14.9. The van der Waals surface area contributed by atoms with Gasteiger partial charge in [0, 0.05) is 25.0 Å². The number of piperazine rings is 1. The van der Waals surface area contributed by atoms with Crippen LogP contribution in [0, 0.1) is 0 Å². The molecule has 0 radical (unpaired) electrons. The van der Waals surface area contributed by atoms with Gasteiger partial charge in [0.15, 0.2) is 16.5 Å². The lowest BCUT2D eigenvalue weighted by atomic mass is 9.73. The number of benzene rings is 3. The van der Waals surface area contributed by atoms with E-state index < -0.39 is 23.2 Å². The molecule has 2 heterocycles. The number of nitrogens with two attached hydrogens (primary N) is 1. The molecule has 1 aromatic heterocycles. The van der Waals surface area contributed by atoms with Crippen LogP contribution in [0.2, 0.25) is 0 Å². The predicted molar refractivity (Wildman–Crippen MR) is 168 cm³/mol. The number of thiazole rings is 1. The molecular weight excluding hydrogens is 562 g/mol. The van der Waals surface area contributed by atoms with Gasteiger partial charge in [-0.3, -0.25) is 9.69 Å². The van der Waals surface area contributed by atoms with Gasteiger partial charge in [-0.05, 0) is 30.5 Å². The van der Waals surface area contributed by atoms with Gasteiger partial charge in [0.1, 0.15) is 5.69 Å². The molecule has 1 aliphatic rings. The summed E-state index contributed by atoms with van der Waals surface area (Å²) in [5.74, 6) is -0.941. The summed E-state index contributed by atoms with van der Waals surface area (Å²) in [4.78, 5) is 39.4. The predicted octanol–water partition coefficient (Wildman–Crippen LogP) is 4.23. The van der Waals surface area contributed by atoms with Crippen molar-refractivity contribution in [1.29, 1.82) is 0 Å². The third-order valence-corrected chi connectivity index (χ3v) is 8.33. The largest absolute Gasteiger partial charge is 0.464 e. The molecule has 222 valence electrons. The molecule has 1 fully saturated rings. The van der Waals surface area contributed by atoms with Crippen molar-refractivity contribution in [3.63, 3.8) is 0 Å². The van der Waals surface area contributed by atoms with E-state index in [0.717, 1.165) is 28.0 Å². The highest BCUT2D eigenvalue weighted by Gasteiger charge is 2.50. The van der Waals surface area contributed by atoms with Gasteiger partial charge in [0.05, 0.1) is 18.7 Å². The normalized spacial score (nSPS) is 16.4. The summed E-state index contributed by atoms with van der Waals surface area (Å²) in [6, 6.07) is 30.2. The summed E-state index contributed by atoms with van der Waals surface area (Å²) in [5, 5.41) is 9.37. The molecule has 5 rings (SSSR count). The number of hydrogen-bond donors (Lipinski definition) is 2. The van der Waals surface area contributed by atoms with E-state index in [4.69, 9.17) is 15.3 Å². The monoisotopic (exact) mass is 597 g/mol. The van der Waals surface area contributed by atoms with Gasteiger partial charge in [0.2, 0.25) is 5.71 Å². The Morgan fingerprint density at radius 1 is 0.953 bits per heavy atom. The maximum Gasteiger partial charge on any atom is 0.362 e. The number of methoxy groups -OCH3 is 1. The number of oxime groups is 1. The Morgan fingerprint density at radius 2 is 1.49 bits per heavy atom. The fourth-order valence-electron chi connectivity index (χ4n) is 5.66. The van der Waals surface area contributed by atoms with Crippen LogP contribution in [0.25, 0.3) is 0 Å². The molecule has 43 heavy (non-hydrogen) atoms.